The Balaban J connectivity index is 2.57. The topological polar surface area (TPSA) is 54.4 Å². The molecule has 1 aliphatic rings. The maximum Gasteiger partial charge on any atom is 0.203 e. The number of aliphatic hydroxyl groups excluding tert-OH is 1. The number of benzene rings is 1. The Morgan fingerprint density at radius 1 is 1.38 bits per heavy atom. The van der Waals surface area contributed by atoms with Crippen LogP contribution in [0, 0.1) is 6.92 Å². The predicted molar refractivity (Wildman–Crippen MR) is 62.6 cm³/mol. The van der Waals surface area contributed by atoms with Gasteiger partial charge in [0.2, 0.25) is 9.84 Å². The zero-order valence-electron chi connectivity index (χ0n) is 9.27. The zero-order valence-corrected chi connectivity index (χ0v) is 10.1. The molecule has 1 aromatic rings. The average Bonchev–Trinajstić information content (AvgIpc) is 2.41. The van der Waals surface area contributed by atoms with Crippen LogP contribution < -0.4 is 0 Å². The van der Waals surface area contributed by atoms with Gasteiger partial charge in [-0.1, -0.05) is 12.1 Å². The fraction of sp³-hybridized carbons (Fsp3) is 0.333. The molecule has 1 N–H and O–H groups in total. The first-order valence-electron chi connectivity index (χ1n) is 5.16. The molecule has 1 aromatic carbocycles. The summed E-state index contributed by atoms with van der Waals surface area (Å²) < 4.78 is 24.2. The number of rotatable bonds is 2. The fourth-order valence-corrected chi connectivity index (χ4v) is 3.70. The molecule has 0 saturated carbocycles. The van der Waals surface area contributed by atoms with Crippen molar-refractivity contribution in [2.75, 3.05) is 0 Å². The zero-order chi connectivity index (χ0) is 11.9. The van der Waals surface area contributed by atoms with Crippen molar-refractivity contribution in [1.29, 1.82) is 0 Å². The van der Waals surface area contributed by atoms with E-state index in [9.17, 15) is 13.5 Å². The Morgan fingerprint density at radius 2 is 2.06 bits per heavy atom. The molecule has 0 fully saturated rings. The van der Waals surface area contributed by atoms with Gasteiger partial charge >= 0.3 is 0 Å². The van der Waals surface area contributed by atoms with Crippen LogP contribution in [0.15, 0.2) is 28.0 Å². The van der Waals surface area contributed by atoms with E-state index in [1.54, 1.807) is 25.1 Å². The Kier molecular flexibility index (Phi) is 2.64. The second-order valence-corrected chi connectivity index (χ2v) is 6.13. The highest BCUT2D eigenvalue weighted by atomic mass is 32.2. The molecule has 1 heterocycles. The van der Waals surface area contributed by atoms with E-state index in [0.717, 1.165) is 11.1 Å². The van der Waals surface area contributed by atoms with Crippen molar-refractivity contribution in [2.45, 2.75) is 31.3 Å². The van der Waals surface area contributed by atoms with Crippen LogP contribution >= 0.6 is 0 Å². The van der Waals surface area contributed by atoms with E-state index in [0.29, 0.717) is 9.80 Å². The minimum absolute atomic E-state index is 0.177. The van der Waals surface area contributed by atoms with Crippen molar-refractivity contribution in [3.63, 3.8) is 0 Å². The lowest BCUT2D eigenvalue weighted by molar-refractivity contribution is 0.197. The van der Waals surface area contributed by atoms with E-state index in [4.69, 9.17) is 0 Å². The van der Waals surface area contributed by atoms with Crippen molar-refractivity contribution in [1.82, 2.24) is 0 Å². The lowest BCUT2D eigenvalue weighted by atomic mass is 10.1. The molecule has 2 rings (SSSR count). The molecule has 4 heteroatoms. The second kappa shape index (κ2) is 3.71. The molecule has 0 spiro atoms. The molecule has 16 heavy (non-hydrogen) atoms. The number of hydrogen-bond donors (Lipinski definition) is 1. The highest BCUT2D eigenvalue weighted by Crippen LogP contribution is 2.36. The molecule has 0 bridgehead atoms. The van der Waals surface area contributed by atoms with Gasteiger partial charge in [-0.15, -0.1) is 0 Å². The summed E-state index contributed by atoms with van der Waals surface area (Å²) in [6, 6.07) is 5.24. The van der Waals surface area contributed by atoms with Gasteiger partial charge in [-0.2, -0.15) is 0 Å². The standard InChI is InChI=1S/C12H14O3S/c1-8-4-3-5-12-11(8)7-10(6-9(2)13)16(12,14)15/h3-5,7,9,13H,6H2,1-2H3. The van der Waals surface area contributed by atoms with Gasteiger partial charge in [-0.25, -0.2) is 8.42 Å². The fourth-order valence-electron chi connectivity index (χ4n) is 1.91. The Labute approximate surface area is 95.3 Å². The molecule has 1 aliphatic heterocycles. The minimum Gasteiger partial charge on any atom is -0.393 e. The number of aliphatic hydroxyl groups is 1. The minimum atomic E-state index is -3.36. The van der Waals surface area contributed by atoms with Gasteiger partial charge in [0.15, 0.2) is 0 Å². The summed E-state index contributed by atoms with van der Waals surface area (Å²) >= 11 is 0. The van der Waals surface area contributed by atoms with E-state index >= 15 is 0 Å². The van der Waals surface area contributed by atoms with Crippen LogP contribution in [0.1, 0.15) is 24.5 Å². The summed E-state index contributed by atoms with van der Waals surface area (Å²) in [5.74, 6) is 0. The lowest BCUT2D eigenvalue weighted by Gasteiger charge is -2.05. The van der Waals surface area contributed by atoms with Gasteiger partial charge < -0.3 is 5.11 Å². The highest BCUT2D eigenvalue weighted by Gasteiger charge is 2.30. The monoisotopic (exact) mass is 238 g/mol. The Hall–Kier alpha value is -1.13. The third-order valence-electron chi connectivity index (χ3n) is 2.72. The van der Waals surface area contributed by atoms with Gasteiger partial charge in [-0.05, 0) is 37.1 Å². The first-order valence-corrected chi connectivity index (χ1v) is 6.64. The van der Waals surface area contributed by atoms with E-state index < -0.39 is 15.9 Å². The lowest BCUT2D eigenvalue weighted by Crippen LogP contribution is -2.07. The number of hydrogen-bond acceptors (Lipinski definition) is 3. The summed E-state index contributed by atoms with van der Waals surface area (Å²) in [5.41, 5.74) is 1.71. The quantitative estimate of drug-likeness (QED) is 0.856. The highest BCUT2D eigenvalue weighted by molar-refractivity contribution is 7.95. The van der Waals surface area contributed by atoms with Crippen LogP contribution in [0.4, 0.5) is 0 Å². The van der Waals surface area contributed by atoms with Crippen molar-refractivity contribution >= 4 is 15.9 Å². The molecule has 0 aromatic heterocycles. The molecule has 1 atom stereocenters. The van der Waals surface area contributed by atoms with Crippen LogP contribution in [0.25, 0.3) is 6.08 Å². The summed E-state index contributed by atoms with van der Waals surface area (Å²) in [5, 5.41) is 9.29. The van der Waals surface area contributed by atoms with Gasteiger partial charge in [0.1, 0.15) is 0 Å². The first kappa shape index (κ1) is 11.4. The SMILES string of the molecule is Cc1cccc2c1C=C(CC(C)O)S2(=O)=O. The van der Waals surface area contributed by atoms with Gasteiger partial charge in [-0.3, -0.25) is 0 Å². The third-order valence-corrected chi connectivity index (χ3v) is 4.63. The molecule has 3 nitrogen and oxygen atoms in total. The molecular formula is C12H14O3S. The van der Waals surface area contributed by atoms with Crippen molar-refractivity contribution in [3.05, 3.63) is 34.2 Å². The first-order chi connectivity index (χ1) is 7.43. The largest absolute Gasteiger partial charge is 0.393 e. The Bertz CT molecular complexity index is 554. The average molecular weight is 238 g/mol. The maximum atomic E-state index is 12.1. The normalized spacial score (nSPS) is 19.1. The predicted octanol–water partition coefficient (Wildman–Crippen LogP) is 1.89. The number of fused-ring (bicyclic) bond motifs is 1. The van der Waals surface area contributed by atoms with Crippen LogP contribution in [0.5, 0.6) is 0 Å². The van der Waals surface area contributed by atoms with Crippen LogP contribution in [0.2, 0.25) is 0 Å². The van der Waals surface area contributed by atoms with Crippen molar-refractivity contribution in [2.24, 2.45) is 0 Å². The summed E-state index contributed by atoms with van der Waals surface area (Å²) in [7, 11) is -3.36. The summed E-state index contributed by atoms with van der Waals surface area (Å²) in [6.07, 6.45) is 1.21. The van der Waals surface area contributed by atoms with E-state index in [-0.39, 0.29) is 6.42 Å². The summed E-state index contributed by atoms with van der Waals surface area (Å²) in [4.78, 5) is 0.676. The smallest absolute Gasteiger partial charge is 0.203 e. The molecular weight excluding hydrogens is 224 g/mol. The van der Waals surface area contributed by atoms with Gasteiger partial charge in [0.25, 0.3) is 0 Å². The van der Waals surface area contributed by atoms with Crippen LogP contribution in [-0.4, -0.2) is 19.6 Å². The molecule has 86 valence electrons. The molecule has 0 radical (unpaired) electrons. The molecule has 1 unspecified atom stereocenters. The van der Waals surface area contributed by atoms with Crippen molar-refractivity contribution < 1.29 is 13.5 Å². The van der Waals surface area contributed by atoms with Gasteiger partial charge in [0, 0.05) is 6.42 Å². The van der Waals surface area contributed by atoms with Crippen LogP contribution in [0.3, 0.4) is 0 Å². The molecule has 0 saturated heterocycles. The van der Waals surface area contributed by atoms with Crippen molar-refractivity contribution in [3.8, 4) is 0 Å². The Morgan fingerprint density at radius 3 is 2.62 bits per heavy atom. The van der Waals surface area contributed by atoms with E-state index in [2.05, 4.69) is 0 Å². The molecule has 0 aliphatic carbocycles. The second-order valence-electron chi connectivity index (χ2n) is 4.15. The number of aryl methyl sites for hydroxylation is 1. The third kappa shape index (κ3) is 1.68. The van der Waals surface area contributed by atoms with Crippen LogP contribution in [-0.2, 0) is 9.84 Å². The number of sulfone groups is 1. The van der Waals surface area contributed by atoms with E-state index in [1.165, 1.54) is 0 Å². The molecule has 0 amide bonds. The van der Waals surface area contributed by atoms with E-state index in [1.807, 2.05) is 13.0 Å². The summed E-state index contributed by atoms with van der Waals surface area (Å²) in [6.45, 7) is 3.47. The maximum absolute atomic E-state index is 12.1. The van der Waals surface area contributed by atoms with Gasteiger partial charge in [0.05, 0.1) is 15.9 Å².